The van der Waals surface area contributed by atoms with E-state index in [4.69, 9.17) is 4.74 Å². The first-order chi connectivity index (χ1) is 8.01. The molecule has 0 heterocycles. The van der Waals surface area contributed by atoms with Crippen LogP contribution in [0.25, 0.3) is 0 Å². The van der Waals surface area contributed by atoms with Crippen LogP contribution in [0.5, 0.6) is 0 Å². The van der Waals surface area contributed by atoms with Crippen molar-refractivity contribution in [2.75, 3.05) is 40.3 Å². The summed E-state index contributed by atoms with van der Waals surface area (Å²) in [7, 11) is 4.16. The van der Waals surface area contributed by atoms with Gasteiger partial charge in [-0.05, 0) is 54.0 Å². The second-order valence-electron chi connectivity index (χ2n) is 4.64. The summed E-state index contributed by atoms with van der Waals surface area (Å²) >= 11 is 0. The molecule has 0 aromatic rings. The van der Waals surface area contributed by atoms with Gasteiger partial charge in [0.05, 0.1) is 13.0 Å². The fourth-order valence-corrected chi connectivity index (χ4v) is 1.87. The van der Waals surface area contributed by atoms with E-state index in [0.717, 1.165) is 26.1 Å². The summed E-state index contributed by atoms with van der Waals surface area (Å²) < 4.78 is 4.98. The fraction of sp³-hybridized carbons (Fsp3) is 0.923. The van der Waals surface area contributed by atoms with Gasteiger partial charge in [-0.2, -0.15) is 0 Å². The molecular weight excluding hydrogens is 216 g/mol. The van der Waals surface area contributed by atoms with Gasteiger partial charge in [-0.1, -0.05) is 6.92 Å². The van der Waals surface area contributed by atoms with E-state index < -0.39 is 0 Å². The first-order valence-corrected chi connectivity index (χ1v) is 6.55. The summed E-state index contributed by atoms with van der Waals surface area (Å²) in [5, 5.41) is 0. The van der Waals surface area contributed by atoms with Gasteiger partial charge in [0.25, 0.3) is 0 Å². The van der Waals surface area contributed by atoms with Crippen LogP contribution in [-0.4, -0.2) is 62.1 Å². The zero-order valence-electron chi connectivity index (χ0n) is 12.0. The summed E-state index contributed by atoms with van der Waals surface area (Å²) in [5.74, 6) is -0.0916. The second kappa shape index (κ2) is 9.42. The lowest BCUT2D eigenvalue weighted by Gasteiger charge is -2.27. The Balaban J connectivity index is 3.94. The van der Waals surface area contributed by atoms with Crippen molar-refractivity contribution in [3.8, 4) is 0 Å². The highest BCUT2D eigenvalue weighted by molar-refractivity contribution is 5.70. The van der Waals surface area contributed by atoms with Crippen molar-refractivity contribution in [3.63, 3.8) is 0 Å². The molecule has 0 amide bonds. The van der Waals surface area contributed by atoms with Crippen molar-refractivity contribution < 1.29 is 9.53 Å². The molecule has 0 aliphatic carbocycles. The highest BCUT2D eigenvalue weighted by Gasteiger charge is 2.16. The molecule has 102 valence electrons. The Morgan fingerprint density at radius 3 is 2.35 bits per heavy atom. The first kappa shape index (κ1) is 16.4. The third-order valence-electron chi connectivity index (χ3n) is 2.85. The molecule has 1 unspecified atom stereocenters. The smallest absolute Gasteiger partial charge is 0.307 e. The SMILES string of the molecule is CCOC(=O)CC(C)N(CC)CCCN(C)C. The van der Waals surface area contributed by atoms with Crippen LogP contribution in [0.15, 0.2) is 0 Å². The third kappa shape index (κ3) is 8.16. The van der Waals surface area contributed by atoms with E-state index in [1.165, 1.54) is 0 Å². The van der Waals surface area contributed by atoms with Gasteiger partial charge in [0.2, 0.25) is 0 Å². The Kier molecular flexibility index (Phi) is 9.09. The minimum atomic E-state index is -0.0916. The molecule has 0 radical (unpaired) electrons. The zero-order chi connectivity index (χ0) is 13.3. The molecule has 0 N–H and O–H groups in total. The predicted molar refractivity (Wildman–Crippen MR) is 71.1 cm³/mol. The normalized spacial score (nSPS) is 13.1. The van der Waals surface area contributed by atoms with Crippen molar-refractivity contribution in [2.24, 2.45) is 0 Å². The quantitative estimate of drug-likeness (QED) is 0.577. The van der Waals surface area contributed by atoms with E-state index in [1.54, 1.807) is 0 Å². The maximum Gasteiger partial charge on any atom is 0.307 e. The first-order valence-electron chi connectivity index (χ1n) is 6.55. The van der Waals surface area contributed by atoms with Gasteiger partial charge in [-0.25, -0.2) is 0 Å². The highest BCUT2D eigenvalue weighted by Crippen LogP contribution is 2.06. The molecule has 0 aliphatic rings. The van der Waals surface area contributed by atoms with Gasteiger partial charge in [0, 0.05) is 6.04 Å². The number of esters is 1. The molecule has 1 atom stereocenters. The van der Waals surface area contributed by atoms with Crippen LogP contribution in [0, 0.1) is 0 Å². The number of carbonyl (C=O) groups is 1. The lowest BCUT2D eigenvalue weighted by Crippen LogP contribution is -2.36. The zero-order valence-corrected chi connectivity index (χ0v) is 12.0. The van der Waals surface area contributed by atoms with E-state index in [9.17, 15) is 4.79 Å². The molecular formula is C13H28N2O2. The molecule has 0 spiro atoms. The molecule has 0 aromatic heterocycles. The predicted octanol–water partition coefficient (Wildman–Crippen LogP) is 1.60. The maximum absolute atomic E-state index is 11.4. The third-order valence-corrected chi connectivity index (χ3v) is 2.85. The van der Waals surface area contributed by atoms with Gasteiger partial charge in [-0.15, -0.1) is 0 Å². The minimum absolute atomic E-state index is 0.0916. The van der Waals surface area contributed by atoms with Crippen LogP contribution in [0.1, 0.15) is 33.6 Å². The Labute approximate surface area is 106 Å². The summed E-state index contributed by atoms with van der Waals surface area (Å²) in [6, 6.07) is 0.265. The van der Waals surface area contributed by atoms with E-state index >= 15 is 0 Å². The van der Waals surface area contributed by atoms with Crippen LogP contribution >= 0.6 is 0 Å². The minimum Gasteiger partial charge on any atom is -0.466 e. The summed E-state index contributed by atoms with van der Waals surface area (Å²) in [4.78, 5) is 15.9. The van der Waals surface area contributed by atoms with Gasteiger partial charge in [-0.3, -0.25) is 4.79 Å². The van der Waals surface area contributed by atoms with Gasteiger partial charge in [0.1, 0.15) is 0 Å². The molecule has 0 fully saturated rings. The number of hydrogen-bond acceptors (Lipinski definition) is 4. The van der Waals surface area contributed by atoms with E-state index in [0.29, 0.717) is 13.0 Å². The number of rotatable bonds is 9. The van der Waals surface area contributed by atoms with E-state index in [1.807, 2.05) is 6.92 Å². The van der Waals surface area contributed by atoms with Gasteiger partial charge in [0.15, 0.2) is 0 Å². The van der Waals surface area contributed by atoms with Crippen molar-refractivity contribution in [2.45, 2.75) is 39.7 Å². The molecule has 0 bridgehead atoms. The molecule has 4 heteroatoms. The molecule has 4 nitrogen and oxygen atoms in total. The van der Waals surface area contributed by atoms with Crippen LogP contribution < -0.4 is 0 Å². The van der Waals surface area contributed by atoms with Gasteiger partial charge >= 0.3 is 5.97 Å². The Bertz CT molecular complexity index is 208. The largest absolute Gasteiger partial charge is 0.466 e. The topological polar surface area (TPSA) is 32.8 Å². The standard InChI is InChI=1S/C13H28N2O2/c1-6-15(10-8-9-14(4)5)12(3)11-13(16)17-7-2/h12H,6-11H2,1-5H3. The fourth-order valence-electron chi connectivity index (χ4n) is 1.87. The summed E-state index contributed by atoms with van der Waals surface area (Å²) in [6.45, 7) is 9.65. The number of ether oxygens (including phenoxy) is 1. The number of carbonyl (C=O) groups excluding carboxylic acids is 1. The van der Waals surface area contributed by atoms with Crippen molar-refractivity contribution in [3.05, 3.63) is 0 Å². The van der Waals surface area contributed by atoms with Gasteiger partial charge < -0.3 is 14.5 Å². The molecule has 0 aromatic carbocycles. The van der Waals surface area contributed by atoms with Crippen LogP contribution in [-0.2, 0) is 9.53 Å². The Morgan fingerprint density at radius 2 is 1.88 bits per heavy atom. The average molecular weight is 244 g/mol. The number of hydrogen-bond donors (Lipinski definition) is 0. The average Bonchev–Trinajstić information content (AvgIpc) is 2.24. The highest BCUT2D eigenvalue weighted by atomic mass is 16.5. The summed E-state index contributed by atoms with van der Waals surface area (Å²) in [5.41, 5.74) is 0. The molecule has 0 aliphatic heterocycles. The van der Waals surface area contributed by atoms with Crippen molar-refractivity contribution in [1.29, 1.82) is 0 Å². The molecule has 0 saturated heterocycles. The van der Waals surface area contributed by atoms with Crippen molar-refractivity contribution in [1.82, 2.24) is 9.80 Å². The molecule has 0 saturated carbocycles. The number of nitrogens with zero attached hydrogens (tertiary/aromatic N) is 2. The van der Waals surface area contributed by atoms with Crippen LogP contribution in [0.2, 0.25) is 0 Å². The summed E-state index contributed by atoms with van der Waals surface area (Å²) in [6.07, 6.45) is 1.62. The monoisotopic (exact) mass is 244 g/mol. The Hall–Kier alpha value is -0.610. The Morgan fingerprint density at radius 1 is 1.24 bits per heavy atom. The van der Waals surface area contributed by atoms with Crippen LogP contribution in [0.4, 0.5) is 0 Å². The lowest BCUT2D eigenvalue weighted by atomic mass is 10.2. The molecule has 0 rings (SSSR count). The molecule has 17 heavy (non-hydrogen) atoms. The van der Waals surface area contributed by atoms with Crippen LogP contribution in [0.3, 0.4) is 0 Å². The lowest BCUT2D eigenvalue weighted by molar-refractivity contribution is -0.144. The second-order valence-corrected chi connectivity index (χ2v) is 4.64. The van der Waals surface area contributed by atoms with E-state index in [2.05, 4.69) is 37.7 Å². The van der Waals surface area contributed by atoms with Crippen molar-refractivity contribution >= 4 is 5.97 Å². The maximum atomic E-state index is 11.4. The van der Waals surface area contributed by atoms with E-state index in [-0.39, 0.29) is 12.0 Å².